The van der Waals surface area contributed by atoms with Crippen LogP contribution >= 0.6 is 22.9 Å². The van der Waals surface area contributed by atoms with E-state index in [9.17, 15) is 0 Å². The minimum Gasteiger partial charge on any atom is -0.145 e. The maximum absolute atomic E-state index is 6.66. The predicted molar refractivity (Wildman–Crippen MR) is 87.3 cm³/mol. The number of aryl methyl sites for hydroxylation is 1. The monoisotopic (exact) mass is 298 g/mol. The first kappa shape index (κ1) is 15.4. The zero-order chi connectivity index (χ0) is 14.0. The molecular formula is C17H27ClS. The topological polar surface area (TPSA) is 0 Å². The number of hydrogen-bond acceptors (Lipinski definition) is 1. The van der Waals surface area contributed by atoms with Gasteiger partial charge in [-0.05, 0) is 55.1 Å². The van der Waals surface area contributed by atoms with Crippen molar-refractivity contribution < 1.29 is 0 Å². The Labute approximate surface area is 127 Å². The van der Waals surface area contributed by atoms with Crippen molar-refractivity contribution in [1.29, 1.82) is 0 Å². The van der Waals surface area contributed by atoms with Gasteiger partial charge in [-0.2, -0.15) is 0 Å². The van der Waals surface area contributed by atoms with Gasteiger partial charge in [0.05, 0.1) is 0 Å². The molecular weight excluding hydrogens is 272 g/mol. The van der Waals surface area contributed by atoms with Crippen LogP contribution in [-0.2, 0) is 12.8 Å². The van der Waals surface area contributed by atoms with Gasteiger partial charge >= 0.3 is 0 Å². The van der Waals surface area contributed by atoms with Gasteiger partial charge in [-0.1, -0.05) is 34.1 Å². The first-order valence-electron chi connectivity index (χ1n) is 7.64. The zero-order valence-corrected chi connectivity index (χ0v) is 14.3. The third-order valence-electron chi connectivity index (χ3n) is 4.73. The lowest BCUT2D eigenvalue weighted by Gasteiger charge is -2.41. The number of thiophene rings is 1. The molecule has 1 saturated carbocycles. The van der Waals surface area contributed by atoms with Crippen LogP contribution in [0.2, 0.25) is 0 Å². The summed E-state index contributed by atoms with van der Waals surface area (Å²) in [6.07, 6.45) is 6.18. The number of alkyl halides is 1. The summed E-state index contributed by atoms with van der Waals surface area (Å²) in [5, 5.41) is 0.365. The maximum atomic E-state index is 6.66. The number of rotatable bonds is 4. The minimum atomic E-state index is 0.322. The highest BCUT2D eigenvalue weighted by Gasteiger charge is 2.38. The summed E-state index contributed by atoms with van der Waals surface area (Å²) in [6, 6.07) is 4.61. The van der Waals surface area contributed by atoms with Crippen LogP contribution in [0, 0.1) is 17.3 Å². The van der Waals surface area contributed by atoms with E-state index in [1.807, 2.05) is 11.3 Å². The molecule has 2 rings (SSSR count). The Bertz CT molecular complexity index is 407. The fraction of sp³-hybridized carbons (Fsp3) is 0.765. The van der Waals surface area contributed by atoms with Crippen molar-refractivity contribution in [3.63, 3.8) is 0 Å². The second-order valence-electron chi connectivity index (χ2n) is 6.93. The van der Waals surface area contributed by atoms with Crippen LogP contribution < -0.4 is 0 Å². The minimum absolute atomic E-state index is 0.322. The Morgan fingerprint density at radius 3 is 2.53 bits per heavy atom. The fourth-order valence-corrected chi connectivity index (χ4v) is 5.45. The summed E-state index contributed by atoms with van der Waals surface area (Å²) >= 11 is 8.65. The third kappa shape index (κ3) is 3.76. The van der Waals surface area contributed by atoms with Crippen molar-refractivity contribution in [2.75, 3.05) is 0 Å². The molecule has 1 aliphatic carbocycles. The van der Waals surface area contributed by atoms with E-state index in [1.54, 1.807) is 0 Å². The molecule has 1 fully saturated rings. The van der Waals surface area contributed by atoms with Gasteiger partial charge in [-0.15, -0.1) is 22.9 Å². The molecule has 0 amide bonds. The molecule has 0 radical (unpaired) electrons. The van der Waals surface area contributed by atoms with Crippen LogP contribution in [0.15, 0.2) is 12.1 Å². The Hall–Kier alpha value is -0.0100. The van der Waals surface area contributed by atoms with Gasteiger partial charge in [0.25, 0.3) is 0 Å². The van der Waals surface area contributed by atoms with Gasteiger partial charge in [0.1, 0.15) is 0 Å². The van der Waals surface area contributed by atoms with Gasteiger partial charge in [0, 0.05) is 15.1 Å². The normalized spacial score (nSPS) is 28.6. The zero-order valence-electron chi connectivity index (χ0n) is 12.7. The second-order valence-corrected chi connectivity index (χ2v) is 8.74. The molecule has 1 heterocycles. The number of hydrogen-bond donors (Lipinski definition) is 0. The van der Waals surface area contributed by atoms with Crippen molar-refractivity contribution in [2.24, 2.45) is 17.3 Å². The van der Waals surface area contributed by atoms with Gasteiger partial charge < -0.3 is 0 Å². The van der Waals surface area contributed by atoms with Gasteiger partial charge in [0.15, 0.2) is 0 Å². The average Bonchev–Trinajstić information content (AvgIpc) is 2.75. The Morgan fingerprint density at radius 2 is 1.95 bits per heavy atom. The summed E-state index contributed by atoms with van der Waals surface area (Å²) in [7, 11) is 0. The lowest BCUT2D eigenvalue weighted by Crippen LogP contribution is -2.37. The lowest BCUT2D eigenvalue weighted by atomic mass is 9.67. The largest absolute Gasteiger partial charge is 0.145 e. The van der Waals surface area contributed by atoms with Gasteiger partial charge in [-0.25, -0.2) is 0 Å². The van der Waals surface area contributed by atoms with Crippen molar-refractivity contribution >= 4 is 22.9 Å². The van der Waals surface area contributed by atoms with E-state index in [4.69, 9.17) is 11.6 Å². The van der Waals surface area contributed by atoms with Crippen molar-refractivity contribution in [3.8, 4) is 0 Å². The quantitative estimate of drug-likeness (QED) is 0.605. The van der Waals surface area contributed by atoms with Crippen LogP contribution in [0.1, 0.15) is 56.7 Å². The Kier molecular flexibility index (Phi) is 5.00. The molecule has 0 N–H and O–H groups in total. The molecule has 1 aromatic rings. The van der Waals surface area contributed by atoms with Crippen LogP contribution in [0.5, 0.6) is 0 Å². The second kappa shape index (κ2) is 6.18. The molecule has 0 aliphatic heterocycles. The van der Waals surface area contributed by atoms with Crippen molar-refractivity contribution in [1.82, 2.24) is 0 Å². The van der Waals surface area contributed by atoms with Crippen LogP contribution in [0.25, 0.3) is 0 Å². The molecule has 19 heavy (non-hydrogen) atoms. The molecule has 0 aromatic carbocycles. The highest BCUT2D eigenvalue weighted by Crippen LogP contribution is 2.45. The van der Waals surface area contributed by atoms with E-state index in [0.717, 1.165) is 12.3 Å². The van der Waals surface area contributed by atoms with E-state index < -0.39 is 0 Å². The lowest BCUT2D eigenvalue weighted by molar-refractivity contribution is 0.142. The molecule has 1 aromatic heterocycles. The summed E-state index contributed by atoms with van der Waals surface area (Å²) in [6.45, 7) is 9.40. The predicted octanol–water partition coefficient (Wildman–Crippen LogP) is 5.92. The Morgan fingerprint density at radius 1 is 1.26 bits per heavy atom. The van der Waals surface area contributed by atoms with Crippen molar-refractivity contribution in [2.45, 2.75) is 65.2 Å². The standard InChI is InChI=1S/C17H27ClS/c1-5-13-7-8-14(19-13)11-17(3,4)15-9-6-12(2)10-16(15)18/h7-8,12,15-16H,5-6,9-11H2,1-4H3. The molecule has 0 bridgehead atoms. The highest BCUT2D eigenvalue weighted by atomic mass is 35.5. The Balaban J connectivity index is 2.04. The summed E-state index contributed by atoms with van der Waals surface area (Å²) in [5.41, 5.74) is 0.322. The molecule has 1 aliphatic rings. The summed E-state index contributed by atoms with van der Waals surface area (Å²) in [5.74, 6) is 1.47. The first-order valence-corrected chi connectivity index (χ1v) is 8.89. The maximum Gasteiger partial charge on any atom is 0.0372 e. The molecule has 3 unspecified atom stereocenters. The van der Waals surface area contributed by atoms with E-state index in [-0.39, 0.29) is 0 Å². The van der Waals surface area contributed by atoms with E-state index >= 15 is 0 Å². The average molecular weight is 299 g/mol. The first-order chi connectivity index (χ1) is 8.92. The van der Waals surface area contributed by atoms with E-state index in [1.165, 1.54) is 35.4 Å². The summed E-state index contributed by atoms with van der Waals surface area (Å²) < 4.78 is 0. The van der Waals surface area contributed by atoms with Crippen LogP contribution in [0.3, 0.4) is 0 Å². The van der Waals surface area contributed by atoms with Crippen LogP contribution in [0.4, 0.5) is 0 Å². The third-order valence-corrected chi connectivity index (χ3v) is 6.45. The molecule has 0 saturated heterocycles. The SMILES string of the molecule is CCc1ccc(CC(C)(C)C2CCC(C)CC2Cl)s1. The van der Waals surface area contributed by atoms with Gasteiger partial charge in [-0.3, -0.25) is 0 Å². The smallest absolute Gasteiger partial charge is 0.0372 e. The van der Waals surface area contributed by atoms with Crippen molar-refractivity contribution in [3.05, 3.63) is 21.9 Å². The molecule has 108 valence electrons. The van der Waals surface area contributed by atoms with E-state index in [0.29, 0.717) is 16.7 Å². The number of halogens is 1. The molecule has 2 heteroatoms. The van der Waals surface area contributed by atoms with Crippen LogP contribution in [-0.4, -0.2) is 5.38 Å². The molecule has 3 atom stereocenters. The fourth-order valence-electron chi connectivity index (χ4n) is 3.48. The highest BCUT2D eigenvalue weighted by molar-refractivity contribution is 7.11. The molecule has 0 spiro atoms. The van der Waals surface area contributed by atoms with E-state index in [2.05, 4.69) is 39.8 Å². The van der Waals surface area contributed by atoms with Gasteiger partial charge in [0.2, 0.25) is 0 Å². The molecule has 0 nitrogen and oxygen atoms in total. The summed E-state index contributed by atoms with van der Waals surface area (Å²) in [4.78, 5) is 3.04.